The molecule has 22 heavy (non-hydrogen) atoms. The van der Waals surface area contributed by atoms with E-state index in [1.807, 2.05) is 24.3 Å². The smallest absolute Gasteiger partial charge is 0.127 e. The quantitative estimate of drug-likeness (QED) is 0.822. The highest BCUT2D eigenvalue weighted by Gasteiger charge is 2.44. The van der Waals surface area contributed by atoms with Gasteiger partial charge < -0.3 is 14.9 Å². The number of fused-ring (bicyclic) bond motifs is 3. The van der Waals surface area contributed by atoms with Crippen LogP contribution in [-0.2, 0) is 0 Å². The van der Waals surface area contributed by atoms with Crippen molar-refractivity contribution in [2.75, 3.05) is 0 Å². The van der Waals surface area contributed by atoms with Gasteiger partial charge in [-0.1, -0.05) is 19.1 Å². The number of aromatic hydroxyl groups is 2. The highest BCUT2D eigenvalue weighted by atomic mass is 16.5. The predicted octanol–water partition coefficient (Wildman–Crippen LogP) is 4.36. The highest BCUT2D eigenvalue weighted by molar-refractivity contribution is 5.45. The highest BCUT2D eigenvalue weighted by Crippen LogP contribution is 2.55. The molecule has 1 aliphatic carbocycles. The van der Waals surface area contributed by atoms with E-state index < -0.39 is 0 Å². The largest absolute Gasteiger partial charge is 0.508 e. The minimum Gasteiger partial charge on any atom is -0.508 e. The van der Waals surface area contributed by atoms with Crippen molar-refractivity contribution in [3.8, 4) is 17.2 Å². The topological polar surface area (TPSA) is 49.7 Å². The lowest BCUT2D eigenvalue weighted by molar-refractivity contribution is 0.103. The third-order valence-electron chi connectivity index (χ3n) is 5.10. The number of phenols is 2. The number of rotatable bonds is 1. The first-order valence-electron chi connectivity index (χ1n) is 7.90. The molecule has 2 aromatic carbocycles. The van der Waals surface area contributed by atoms with E-state index in [-0.39, 0.29) is 11.9 Å². The van der Waals surface area contributed by atoms with Crippen LogP contribution < -0.4 is 4.74 Å². The standard InChI is InChI=1S/C19H20O3/c1-11-8-15-16-10-14(21)6-7-18(16)22-19(17(15)9-11)12-2-4-13(20)5-3-12/h2-7,10-11,15,17,19-21H,8-9H2,1H3/t11?,15-,17?,19?/m1/s1. The molecule has 0 bridgehead atoms. The fraction of sp³-hybridized carbons (Fsp3) is 0.368. The van der Waals surface area contributed by atoms with Gasteiger partial charge in [0.25, 0.3) is 0 Å². The minimum atomic E-state index is 0.0209. The maximum atomic E-state index is 9.80. The van der Waals surface area contributed by atoms with Gasteiger partial charge in [0.1, 0.15) is 23.4 Å². The Hall–Kier alpha value is -2.16. The van der Waals surface area contributed by atoms with Crippen molar-refractivity contribution in [1.29, 1.82) is 0 Å². The summed E-state index contributed by atoms with van der Waals surface area (Å²) in [6, 6.07) is 12.8. The second-order valence-electron chi connectivity index (χ2n) is 6.70. The van der Waals surface area contributed by atoms with Gasteiger partial charge in [-0.25, -0.2) is 0 Å². The summed E-state index contributed by atoms with van der Waals surface area (Å²) in [5.41, 5.74) is 2.25. The van der Waals surface area contributed by atoms with Gasteiger partial charge >= 0.3 is 0 Å². The Morgan fingerprint density at radius 2 is 1.68 bits per heavy atom. The lowest BCUT2D eigenvalue weighted by atomic mass is 9.80. The molecule has 0 aromatic heterocycles. The summed E-state index contributed by atoms with van der Waals surface area (Å²) in [5, 5.41) is 19.3. The molecular weight excluding hydrogens is 276 g/mol. The van der Waals surface area contributed by atoms with Gasteiger partial charge in [-0.3, -0.25) is 0 Å². The maximum Gasteiger partial charge on any atom is 0.127 e. The molecule has 0 spiro atoms. The molecule has 114 valence electrons. The van der Waals surface area contributed by atoms with E-state index in [4.69, 9.17) is 4.74 Å². The molecule has 0 radical (unpaired) electrons. The van der Waals surface area contributed by atoms with Crippen LogP contribution in [0.3, 0.4) is 0 Å². The van der Waals surface area contributed by atoms with Crippen LogP contribution in [0.15, 0.2) is 42.5 Å². The van der Waals surface area contributed by atoms with Crippen molar-refractivity contribution in [1.82, 2.24) is 0 Å². The Labute approximate surface area is 130 Å². The molecule has 1 aliphatic heterocycles. The van der Waals surface area contributed by atoms with Gasteiger partial charge in [-0.05, 0) is 60.6 Å². The number of hydrogen-bond donors (Lipinski definition) is 2. The third-order valence-corrected chi connectivity index (χ3v) is 5.10. The van der Waals surface area contributed by atoms with Crippen LogP contribution in [0, 0.1) is 11.8 Å². The number of hydrogen-bond acceptors (Lipinski definition) is 3. The summed E-state index contributed by atoms with van der Waals surface area (Å²) in [4.78, 5) is 0. The first-order chi connectivity index (χ1) is 10.6. The molecule has 4 rings (SSSR count). The van der Waals surface area contributed by atoms with Gasteiger partial charge in [0, 0.05) is 11.5 Å². The number of benzene rings is 2. The first-order valence-corrected chi connectivity index (χ1v) is 7.90. The van der Waals surface area contributed by atoms with Crippen LogP contribution in [0.25, 0.3) is 0 Å². The summed E-state index contributed by atoms with van der Waals surface area (Å²) in [6.45, 7) is 2.29. The summed E-state index contributed by atoms with van der Waals surface area (Å²) in [5.74, 6) is 2.99. The maximum absolute atomic E-state index is 9.80. The van der Waals surface area contributed by atoms with E-state index in [0.29, 0.717) is 23.5 Å². The molecule has 4 atom stereocenters. The molecule has 2 N–H and O–H groups in total. The molecule has 3 nitrogen and oxygen atoms in total. The van der Waals surface area contributed by atoms with E-state index in [0.717, 1.165) is 29.7 Å². The molecule has 0 amide bonds. The minimum absolute atomic E-state index is 0.0209. The first kappa shape index (κ1) is 13.5. The molecule has 0 saturated heterocycles. The normalized spacial score (nSPS) is 29.5. The Kier molecular flexibility index (Phi) is 3.03. The molecule has 2 aromatic rings. The van der Waals surface area contributed by atoms with Crippen LogP contribution >= 0.6 is 0 Å². The van der Waals surface area contributed by atoms with E-state index in [1.165, 1.54) is 0 Å². The number of ether oxygens (including phenoxy) is 1. The molecule has 2 aliphatic rings. The van der Waals surface area contributed by atoms with Crippen molar-refractivity contribution < 1.29 is 14.9 Å². The SMILES string of the molecule is CC1CC2C(c3ccc(O)cc3)Oc3ccc(O)cc3[C@H]2C1. The van der Waals surface area contributed by atoms with Crippen molar-refractivity contribution in [2.24, 2.45) is 11.8 Å². The van der Waals surface area contributed by atoms with Gasteiger partial charge in [0.15, 0.2) is 0 Å². The van der Waals surface area contributed by atoms with Crippen molar-refractivity contribution in [2.45, 2.75) is 31.8 Å². The Bertz CT molecular complexity index is 692. The molecular formula is C19H20O3. The van der Waals surface area contributed by atoms with Crippen LogP contribution in [0.4, 0.5) is 0 Å². The number of phenolic OH excluding ortho intramolecular Hbond substituents is 2. The zero-order valence-electron chi connectivity index (χ0n) is 12.6. The Balaban J connectivity index is 1.78. The molecule has 1 fully saturated rings. The van der Waals surface area contributed by atoms with E-state index in [2.05, 4.69) is 6.92 Å². The van der Waals surface area contributed by atoms with E-state index in [9.17, 15) is 10.2 Å². The van der Waals surface area contributed by atoms with E-state index >= 15 is 0 Å². The average molecular weight is 296 g/mol. The second kappa shape index (κ2) is 4.94. The predicted molar refractivity (Wildman–Crippen MR) is 84.2 cm³/mol. The summed E-state index contributed by atoms with van der Waals surface area (Å²) in [6.07, 6.45) is 2.29. The third kappa shape index (κ3) is 2.12. The molecule has 1 saturated carbocycles. The van der Waals surface area contributed by atoms with Gasteiger partial charge in [-0.2, -0.15) is 0 Å². The van der Waals surface area contributed by atoms with Crippen molar-refractivity contribution >= 4 is 0 Å². The van der Waals surface area contributed by atoms with Gasteiger partial charge in [0.2, 0.25) is 0 Å². The van der Waals surface area contributed by atoms with E-state index in [1.54, 1.807) is 18.2 Å². The lowest BCUT2D eigenvalue weighted by Crippen LogP contribution is -2.26. The summed E-state index contributed by atoms with van der Waals surface area (Å²) >= 11 is 0. The van der Waals surface area contributed by atoms with Crippen molar-refractivity contribution in [3.05, 3.63) is 53.6 Å². The van der Waals surface area contributed by atoms with Crippen molar-refractivity contribution in [3.63, 3.8) is 0 Å². The molecule has 1 heterocycles. The second-order valence-corrected chi connectivity index (χ2v) is 6.70. The Morgan fingerprint density at radius 3 is 2.45 bits per heavy atom. The molecule has 3 heteroatoms. The molecule has 3 unspecified atom stereocenters. The fourth-order valence-electron chi connectivity index (χ4n) is 4.16. The van der Waals surface area contributed by atoms with Crippen LogP contribution in [0.5, 0.6) is 17.2 Å². The monoisotopic (exact) mass is 296 g/mol. The average Bonchev–Trinajstić information content (AvgIpc) is 2.89. The van der Waals surface area contributed by atoms with Crippen LogP contribution in [0.2, 0.25) is 0 Å². The summed E-state index contributed by atoms with van der Waals surface area (Å²) < 4.78 is 6.28. The fourth-order valence-corrected chi connectivity index (χ4v) is 4.16. The zero-order chi connectivity index (χ0) is 15.3. The zero-order valence-corrected chi connectivity index (χ0v) is 12.6. The summed E-state index contributed by atoms with van der Waals surface area (Å²) in [7, 11) is 0. The Morgan fingerprint density at radius 1 is 0.955 bits per heavy atom. The lowest BCUT2D eigenvalue weighted by Gasteiger charge is -2.36. The van der Waals surface area contributed by atoms with Crippen LogP contribution in [-0.4, -0.2) is 10.2 Å². The van der Waals surface area contributed by atoms with Crippen LogP contribution in [0.1, 0.15) is 42.9 Å². The van der Waals surface area contributed by atoms with Gasteiger partial charge in [0.05, 0.1) is 0 Å². The van der Waals surface area contributed by atoms with Gasteiger partial charge in [-0.15, -0.1) is 0 Å².